The average molecular weight is 492 g/mol. The van der Waals surface area contributed by atoms with Crippen molar-refractivity contribution in [3.05, 3.63) is 58.1 Å². The summed E-state index contributed by atoms with van der Waals surface area (Å²) in [6.45, 7) is 6.59. The number of aromatic nitrogens is 2. The van der Waals surface area contributed by atoms with E-state index in [1.54, 1.807) is 52.0 Å². The van der Waals surface area contributed by atoms with E-state index in [4.69, 9.17) is 19.5 Å². The molecule has 0 saturated carbocycles. The fraction of sp³-hybridized carbons (Fsp3) is 0.455. The first-order valence-corrected chi connectivity index (χ1v) is 12.6. The fourth-order valence-electron chi connectivity index (χ4n) is 3.50. The van der Waals surface area contributed by atoms with Crippen molar-refractivity contribution < 1.29 is 27.9 Å². The van der Waals surface area contributed by atoms with Gasteiger partial charge >= 0.3 is 13.3 Å². The van der Waals surface area contributed by atoms with Crippen molar-refractivity contribution in [2.75, 3.05) is 18.6 Å². The van der Waals surface area contributed by atoms with Crippen LogP contribution in [0.3, 0.4) is 0 Å². The molecule has 2 N–H and O–H groups in total. The van der Waals surface area contributed by atoms with Gasteiger partial charge in [0.25, 0.3) is 11.8 Å². The number of benzene rings is 1. The zero-order valence-corrected chi connectivity index (χ0v) is 20.4. The van der Waals surface area contributed by atoms with Crippen molar-refractivity contribution in [1.29, 1.82) is 0 Å². The molecular weight excluding hydrogens is 463 g/mol. The highest BCUT2D eigenvalue weighted by Gasteiger charge is 2.38. The molecule has 1 aliphatic rings. The number of nitrogen functional groups attached to an aromatic ring is 1. The number of hydrogen-bond donors (Lipinski definition) is 1. The third kappa shape index (κ3) is 6.18. The number of carbonyl (C=O) groups is 2. The van der Waals surface area contributed by atoms with Gasteiger partial charge in [-0.15, -0.1) is 0 Å². The Morgan fingerprint density at radius 1 is 0.941 bits per heavy atom. The van der Waals surface area contributed by atoms with Gasteiger partial charge in [0.05, 0.1) is 42.5 Å². The maximum atomic E-state index is 13.2. The molecule has 3 rings (SSSR count). The van der Waals surface area contributed by atoms with Crippen molar-refractivity contribution in [2.24, 2.45) is 0 Å². The van der Waals surface area contributed by atoms with E-state index in [1.165, 1.54) is 16.8 Å². The smallest absolute Gasteiger partial charge is 0.356 e. The minimum Gasteiger partial charge on any atom is -0.383 e. The molecule has 12 heteroatoms. The molecule has 34 heavy (non-hydrogen) atoms. The third-order valence-corrected chi connectivity index (χ3v) is 6.72. The second kappa shape index (κ2) is 10.6. The van der Waals surface area contributed by atoms with Gasteiger partial charge in [-0.2, -0.15) is 4.98 Å². The first kappa shape index (κ1) is 25.8. The fourth-order valence-corrected chi connectivity index (χ4v) is 5.35. The van der Waals surface area contributed by atoms with Crippen LogP contribution in [-0.2, 0) is 24.9 Å². The Hall–Kier alpha value is -2.85. The molecule has 0 aliphatic carbocycles. The molecular formula is C22H29N4O7P. The lowest BCUT2D eigenvalue weighted by Gasteiger charge is -2.27. The van der Waals surface area contributed by atoms with Gasteiger partial charge in [-0.05, 0) is 45.9 Å². The van der Waals surface area contributed by atoms with Crippen LogP contribution in [0.5, 0.6) is 0 Å². The van der Waals surface area contributed by atoms with E-state index < -0.39 is 49.8 Å². The van der Waals surface area contributed by atoms with Crippen LogP contribution in [0.4, 0.5) is 5.82 Å². The molecule has 1 aromatic heterocycles. The Morgan fingerprint density at radius 3 is 2.00 bits per heavy atom. The van der Waals surface area contributed by atoms with Crippen LogP contribution in [0.25, 0.3) is 0 Å². The molecule has 1 unspecified atom stereocenters. The van der Waals surface area contributed by atoms with Crippen LogP contribution in [0.2, 0.25) is 0 Å². The van der Waals surface area contributed by atoms with E-state index in [-0.39, 0.29) is 30.0 Å². The largest absolute Gasteiger partial charge is 0.383 e. The topological polar surface area (TPSA) is 143 Å². The summed E-state index contributed by atoms with van der Waals surface area (Å²) in [5, 5.41) is 0. The van der Waals surface area contributed by atoms with Crippen LogP contribution in [0, 0.1) is 0 Å². The van der Waals surface area contributed by atoms with E-state index in [0.717, 1.165) is 4.90 Å². The molecule has 0 radical (unpaired) electrons. The molecule has 2 heterocycles. The van der Waals surface area contributed by atoms with Gasteiger partial charge < -0.3 is 19.5 Å². The molecule has 0 saturated heterocycles. The van der Waals surface area contributed by atoms with Gasteiger partial charge in [-0.3, -0.25) is 23.6 Å². The average Bonchev–Trinajstić information content (AvgIpc) is 2.98. The van der Waals surface area contributed by atoms with E-state index >= 15 is 0 Å². The number of carbonyl (C=O) groups excluding carboxylic acids is 2. The zero-order valence-electron chi connectivity index (χ0n) is 19.5. The normalized spacial score (nSPS) is 14.8. The number of imide groups is 1. The van der Waals surface area contributed by atoms with Crippen LogP contribution in [0.1, 0.15) is 48.4 Å². The van der Waals surface area contributed by atoms with Crippen molar-refractivity contribution in [2.45, 2.75) is 52.6 Å². The molecule has 0 bridgehead atoms. The number of fused-ring (bicyclic) bond motifs is 1. The minimum atomic E-state index is -3.68. The second-order valence-electron chi connectivity index (χ2n) is 8.39. The van der Waals surface area contributed by atoms with Gasteiger partial charge in [-0.25, -0.2) is 4.79 Å². The summed E-state index contributed by atoms with van der Waals surface area (Å²) in [5.41, 5.74) is 5.51. The first-order chi connectivity index (χ1) is 16.0. The lowest BCUT2D eigenvalue weighted by molar-refractivity contribution is 0.0216. The highest BCUT2D eigenvalue weighted by Crippen LogP contribution is 2.50. The molecule has 1 atom stereocenters. The molecule has 0 fully saturated rings. The van der Waals surface area contributed by atoms with Gasteiger partial charge in [-0.1, -0.05) is 12.1 Å². The summed E-state index contributed by atoms with van der Waals surface area (Å²) < 4.78 is 31.4. The Balaban J connectivity index is 1.85. The number of hydrogen-bond acceptors (Lipinski definition) is 9. The Kier molecular flexibility index (Phi) is 8.04. The molecule has 0 spiro atoms. The Labute approximate surface area is 197 Å². The second-order valence-corrected chi connectivity index (χ2v) is 10.3. The van der Waals surface area contributed by atoms with Gasteiger partial charge in [0, 0.05) is 6.20 Å². The van der Waals surface area contributed by atoms with Crippen molar-refractivity contribution in [3.63, 3.8) is 0 Å². The van der Waals surface area contributed by atoms with Crippen LogP contribution in [0.15, 0.2) is 41.3 Å². The monoisotopic (exact) mass is 492 g/mol. The van der Waals surface area contributed by atoms with Crippen molar-refractivity contribution >= 4 is 25.2 Å². The van der Waals surface area contributed by atoms with E-state index in [9.17, 15) is 18.9 Å². The highest BCUT2D eigenvalue weighted by atomic mass is 31.2. The summed E-state index contributed by atoms with van der Waals surface area (Å²) in [4.78, 5) is 42.7. The highest BCUT2D eigenvalue weighted by molar-refractivity contribution is 7.53. The summed E-state index contributed by atoms with van der Waals surface area (Å²) in [6, 6.07) is 7.92. The number of amides is 2. The first-order valence-electron chi connectivity index (χ1n) is 10.8. The van der Waals surface area contributed by atoms with E-state index in [1.807, 2.05) is 0 Å². The minimum absolute atomic E-state index is 0.0548. The van der Waals surface area contributed by atoms with E-state index in [0.29, 0.717) is 0 Å². The standard InChI is InChI=1S/C22H29N4O7P/c1-14(2)32-34(30,33-15(3)4)13-31-16(11-25-10-9-19(23)24-22(25)29)12-26-20(27)17-7-5-6-8-18(17)21(26)28/h5-10,14-16H,11-13H2,1-4H3,(H2,23,24,29). The maximum absolute atomic E-state index is 13.2. The van der Waals surface area contributed by atoms with Crippen molar-refractivity contribution in [1.82, 2.24) is 14.5 Å². The molecule has 1 aliphatic heterocycles. The number of nitrogens with two attached hydrogens (primary N) is 1. The van der Waals surface area contributed by atoms with Crippen LogP contribution < -0.4 is 11.4 Å². The molecule has 1 aromatic carbocycles. The molecule has 184 valence electrons. The van der Waals surface area contributed by atoms with Crippen LogP contribution in [-0.4, -0.2) is 57.5 Å². The number of anilines is 1. The van der Waals surface area contributed by atoms with Crippen molar-refractivity contribution in [3.8, 4) is 0 Å². The zero-order chi connectivity index (χ0) is 25.0. The molecule has 2 amide bonds. The summed E-state index contributed by atoms with van der Waals surface area (Å²) in [6.07, 6.45) is -0.712. The van der Waals surface area contributed by atoms with E-state index in [2.05, 4.69) is 4.98 Å². The summed E-state index contributed by atoms with van der Waals surface area (Å²) >= 11 is 0. The summed E-state index contributed by atoms with van der Waals surface area (Å²) in [5.74, 6) is -0.895. The van der Waals surface area contributed by atoms with Crippen LogP contribution >= 0.6 is 7.60 Å². The number of ether oxygens (including phenoxy) is 1. The predicted octanol–water partition coefficient (Wildman–Crippen LogP) is 2.51. The summed E-state index contributed by atoms with van der Waals surface area (Å²) in [7, 11) is -3.68. The molecule has 11 nitrogen and oxygen atoms in total. The lowest BCUT2D eigenvalue weighted by Crippen LogP contribution is -2.41. The predicted molar refractivity (Wildman–Crippen MR) is 125 cm³/mol. The molecule has 2 aromatic rings. The van der Waals surface area contributed by atoms with Gasteiger partial charge in [0.15, 0.2) is 0 Å². The van der Waals surface area contributed by atoms with Gasteiger partial charge in [0.2, 0.25) is 0 Å². The SMILES string of the molecule is CC(C)OP(=O)(COC(CN1C(=O)c2ccccc2C1=O)Cn1ccc(N)nc1=O)OC(C)C. The third-order valence-electron chi connectivity index (χ3n) is 4.77. The number of nitrogens with zero attached hydrogens (tertiary/aromatic N) is 3. The quantitative estimate of drug-likeness (QED) is 0.370. The van der Waals surface area contributed by atoms with Gasteiger partial charge in [0.1, 0.15) is 12.2 Å². The Morgan fingerprint density at radius 2 is 1.50 bits per heavy atom. The number of rotatable bonds is 11. The Bertz CT molecular complexity index is 1110. The maximum Gasteiger partial charge on any atom is 0.356 e. The lowest BCUT2D eigenvalue weighted by atomic mass is 10.1.